The van der Waals surface area contributed by atoms with Crippen molar-refractivity contribution in [3.8, 4) is 5.75 Å². The first-order valence-corrected chi connectivity index (χ1v) is 8.59. The van der Waals surface area contributed by atoms with Crippen molar-refractivity contribution in [1.82, 2.24) is 0 Å². The molecule has 0 saturated carbocycles. The second-order valence-corrected chi connectivity index (χ2v) is 7.65. The van der Waals surface area contributed by atoms with Gasteiger partial charge in [-0.15, -0.1) is 0 Å². The Hall–Kier alpha value is -2.11. The number of aliphatic hydroxyl groups is 2. The molecule has 11 heteroatoms. The lowest BCUT2D eigenvalue weighted by molar-refractivity contribution is -0.0507. The minimum Gasteiger partial charge on any atom is -0.423 e. The molecule has 1 aromatic carbocycles. The molecule has 0 fully saturated rings. The molecule has 0 aliphatic heterocycles. The largest absolute Gasteiger partial charge is 0.534 e. The number of fused-ring (bicyclic) bond motifs is 1. The lowest BCUT2D eigenvalue weighted by Crippen LogP contribution is -2.37. The molecule has 0 unspecified atom stereocenters. The van der Waals surface area contributed by atoms with Gasteiger partial charge in [-0.3, -0.25) is 0 Å². The fourth-order valence-corrected chi connectivity index (χ4v) is 2.49. The lowest BCUT2D eigenvalue weighted by Gasteiger charge is -2.25. The Morgan fingerprint density at radius 1 is 1.23 bits per heavy atom. The second-order valence-electron chi connectivity index (χ2n) is 6.11. The predicted octanol–water partition coefficient (Wildman–Crippen LogP) is 1.70. The van der Waals surface area contributed by atoms with Crippen LogP contribution in [0, 0.1) is 0 Å². The number of halogens is 3. The maximum atomic E-state index is 12.6. The van der Waals surface area contributed by atoms with E-state index < -0.39 is 45.1 Å². The number of aliphatic hydroxyl groups excluding tert-OH is 1. The van der Waals surface area contributed by atoms with Gasteiger partial charge in [-0.25, -0.2) is 4.79 Å². The van der Waals surface area contributed by atoms with Crippen LogP contribution in [0.4, 0.5) is 13.2 Å². The molecule has 0 saturated heterocycles. The van der Waals surface area contributed by atoms with Crippen LogP contribution in [-0.2, 0) is 16.5 Å². The monoisotopic (exact) mass is 396 g/mol. The van der Waals surface area contributed by atoms with Gasteiger partial charge in [-0.2, -0.15) is 21.6 Å². The molecule has 7 nitrogen and oxygen atoms in total. The summed E-state index contributed by atoms with van der Waals surface area (Å²) in [7, 11) is -5.99. The van der Waals surface area contributed by atoms with Crippen molar-refractivity contribution in [3.05, 3.63) is 40.2 Å². The Balaban J connectivity index is 2.60. The molecule has 26 heavy (non-hydrogen) atoms. The number of hydrogen-bond donors (Lipinski definition) is 2. The minimum atomic E-state index is -5.99. The molecule has 0 aliphatic carbocycles. The van der Waals surface area contributed by atoms with Gasteiger partial charge >= 0.3 is 21.3 Å². The Kier molecular flexibility index (Phi) is 5.10. The van der Waals surface area contributed by atoms with Crippen LogP contribution in [0.3, 0.4) is 0 Å². The molecule has 1 aromatic heterocycles. The van der Waals surface area contributed by atoms with E-state index in [1.54, 1.807) is 0 Å². The topological polar surface area (TPSA) is 114 Å². The summed E-state index contributed by atoms with van der Waals surface area (Å²) in [4.78, 5) is 11.3. The standard InChI is InChI=1S/C15H15F3O7S/c1-14(2,21)12(19)6-9-5-8-3-4-13(20)24-10(8)7-11(9)25-26(22,23)15(16,17)18/h3-5,7,12,19,21H,6H2,1-2H3/t12-/m0/s1. The highest BCUT2D eigenvalue weighted by Crippen LogP contribution is 2.33. The van der Waals surface area contributed by atoms with Crippen LogP contribution in [-0.4, -0.2) is 35.8 Å². The van der Waals surface area contributed by atoms with E-state index in [0.717, 1.165) is 12.1 Å². The van der Waals surface area contributed by atoms with Crippen molar-refractivity contribution in [2.75, 3.05) is 0 Å². The third kappa shape index (κ3) is 4.34. The summed E-state index contributed by atoms with van der Waals surface area (Å²) in [5, 5.41) is 20.1. The third-order valence-corrected chi connectivity index (χ3v) is 4.48. The lowest BCUT2D eigenvalue weighted by atomic mass is 9.94. The maximum Gasteiger partial charge on any atom is 0.534 e. The Morgan fingerprint density at radius 3 is 2.38 bits per heavy atom. The van der Waals surface area contributed by atoms with Crippen LogP contribution in [0.1, 0.15) is 19.4 Å². The molecule has 2 N–H and O–H groups in total. The van der Waals surface area contributed by atoms with Gasteiger partial charge in [-0.05, 0) is 31.5 Å². The first-order chi connectivity index (χ1) is 11.7. The molecule has 0 amide bonds. The number of hydrogen-bond acceptors (Lipinski definition) is 7. The van der Waals surface area contributed by atoms with E-state index in [-0.39, 0.29) is 16.5 Å². The van der Waals surface area contributed by atoms with Crippen molar-refractivity contribution in [1.29, 1.82) is 0 Å². The third-order valence-electron chi connectivity index (χ3n) is 3.51. The maximum absolute atomic E-state index is 12.6. The van der Waals surface area contributed by atoms with Crippen LogP contribution in [0.5, 0.6) is 5.75 Å². The average molecular weight is 396 g/mol. The molecule has 2 rings (SSSR count). The zero-order valence-electron chi connectivity index (χ0n) is 13.6. The van der Waals surface area contributed by atoms with Gasteiger partial charge < -0.3 is 18.8 Å². The number of alkyl halides is 3. The summed E-state index contributed by atoms with van der Waals surface area (Å²) >= 11 is 0. The zero-order chi connectivity index (χ0) is 19.9. The second kappa shape index (κ2) is 6.56. The quantitative estimate of drug-likeness (QED) is 0.449. The van der Waals surface area contributed by atoms with E-state index in [1.165, 1.54) is 26.0 Å². The van der Waals surface area contributed by atoms with Crippen LogP contribution < -0.4 is 9.81 Å². The Bertz CT molecular complexity index is 971. The van der Waals surface area contributed by atoms with Crippen molar-refractivity contribution < 1.29 is 40.4 Å². The molecule has 1 heterocycles. The van der Waals surface area contributed by atoms with E-state index in [1.807, 2.05) is 0 Å². The first-order valence-electron chi connectivity index (χ1n) is 7.19. The molecule has 2 aromatic rings. The van der Waals surface area contributed by atoms with Gasteiger partial charge in [0.25, 0.3) is 0 Å². The molecular formula is C15H15F3O7S. The molecule has 1 atom stereocenters. The highest BCUT2D eigenvalue weighted by molar-refractivity contribution is 7.88. The van der Waals surface area contributed by atoms with E-state index in [9.17, 15) is 36.6 Å². The van der Waals surface area contributed by atoms with Gasteiger partial charge in [0, 0.05) is 23.9 Å². The summed E-state index contributed by atoms with van der Waals surface area (Å²) in [5.41, 5.74) is -8.42. The van der Waals surface area contributed by atoms with Crippen molar-refractivity contribution >= 4 is 21.1 Å². The minimum absolute atomic E-state index is 0.131. The number of rotatable bonds is 5. The molecule has 0 aliphatic rings. The normalized spacial score (nSPS) is 14.4. The Labute approximate surface area is 145 Å². The van der Waals surface area contributed by atoms with E-state index >= 15 is 0 Å². The average Bonchev–Trinajstić information content (AvgIpc) is 2.45. The van der Waals surface area contributed by atoms with Crippen molar-refractivity contribution in [2.24, 2.45) is 0 Å². The summed E-state index contributed by atoms with van der Waals surface area (Å²) in [6, 6.07) is 4.38. The van der Waals surface area contributed by atoms with Gasteiger partial charge in [-0.1, -0.05) is 0 Å². The van der Waals surface area contributed by atoms with Crippen LogP contribution in [0.2, 0.25) is 0 Å². The molecule has 0 bridgehead atoms. The summed E-state index contributed by atoms with van der Waals surface area (Å²) in [5.74, 6) is -0.771. The molecule has 0 radical (unpaired) electrons. The summed E-state index contributed by atoms with van der Waals surface area (Å²) in [6.45, 7) is 2.54. The SMILES string of the molecule is CC(C)(O)[C@@H](O)Cc1cc2ccc(=O)oc2cc1OS(=O)(=O)C(F)(F)F. The summed E-state index contributed by atoms with van der Waals surface area (Å²) < 4.78 is 69.4. The van der Waals surface area contributed by atoms with Gasteiger partial charge in [0.15, 0.2) is 0 Å². The van der Waals surface area contributed by atoms with Crippen molar-refractivity contribution in [3.63, 3.8) is 0 Å². The van der Waals surface area contributed by atoms with Gasteiger partial charge in [0.05, 0.1) is 11.7 Å². The summed E-state index contributed by atoms with van der Waals surface area (Å²) in [6.07, 6.45) is -1.85. The zero-order valence-corrected chi connectivity index (χ0v) is 14.4. The van der Waals surface area contributed by atoms with Crippen LogP contribution in [0.15, 0.2) is 33.5 Å². The molecule has 144 valence electrons. The fraction of sp³-hybridized carbons (Fsp3) is 0.400. The first kappa shape index (κ1) is 20.2. The highest BCUT2D eigenvalue weighted by Gasteiger charge is 2.49. The Morgan fingerprint density at radius 2 is 1.85 bits per heavy atom. The van der Waals surface area contributed by atoms with E-state index in [0.29, 0.717) is 0 Å². The van der Waals surface area contributed by atoms with E-state index in [4.69, 9.17) is 4.42 Å². The van der Waals surface area contributed by atoms with Crippen LogP contribution in [0.25, 0.3) is 11.0 Å². The molecule has 0 spiro atoms. The smallest absolute Gasteiger partial charge is 0.423 e. The van der Waals surface area contributed by atoms with Gasteiger partial charge in [0.1, 0.15) is 11.3 Å². The predicted molar refractivity (Wildman–Crippen MR) is 84.1 cm³/mol. The number of benzene rings is 1. The molecular weight excluding hydrogens is 381 g/mol. The van der Waals surface area contributed by atoms with E-state index in [2.05, 4.69) is 4.18 Å². The van der Waals surface area contributed by atoms with Gasteiger partial charge in [0.2, 0.25) is 0 Å². The van der Waals surface area contributed by atoms with Crippen molar-refractivity contribution in [2.45, 2.75) is 37.5 Å². The fourth-order valence-electron chi connectivity index (χ4n) is 2.00. The highest BCUT2D eigenvalue weighted by atomic mass is 32.2. The van der Waals surface area contributed by atoms with Crippen LogP contribution >= 0.6 is 0 Å².